The molecule has 0 N–H and O–H groups in total. The molecule has 10 heavy (non-hydrogen) atoms. The van der Waals surface area contributed by atoms with E-state index >= 15 is 0 Å². The highest BCUT2D eigenvalue weighted by atomic mass is 14.1. The van der Waals surface area contributed by atoms with E-state index in [0.29, 0.717) is 5.92 Å². The molecule has 1 aliphatic carbocycles. The minimum atomic E-state index is 0.623. The van der Waals surface area contributed by atoms with Crippen LogP contribution in [0, 0.1) is 5.92 Å². The Kier molecular flexibility index (Phi) is 2.10. The standard InChI is InChI=1S/C10H14/c1-8(2)10-7-5-4-6-9(10)3/h4,6-8H,3,5H2,1-2H3. The number of allylic oxidation sites excluding steroid dienone is 5. The molecule has 54 valence electrons. The predicted octanol–water partition coefficient (Wildman–Crippen LogP) is 3.08. The molecule has 1 aliphatic rings. The fourth-order valence-corrected chi connectivity index (χ4v) is 1.24. The average Bonchev–Trinajstić information content (AvgIpc) is 1.88. The summed E-state index contributed by atoms with van der Waals surface area (Å²) in [6.45, 7) is 8.37. The highest BCUT2D eigenvalue weighted by Crippen LogP contribution is 2.22. The molecule has 0 radical (unpaired) electrons. The minimum Gasteiger partial charge on any atom is -0.0915 e. The van der Waals surface area contributed by atoms with Gasteiger partial charge in [0.05, 0.1) is 0 Å². The highest BCUT2D eigenvalue weighted by molar-refractivity contribution is 5.41. The summed E-state index contributed by atoms with van der Waals surface area (Å²) in [4.78, 5) is 0. The lowest BCUT2D eigenvalue weighted by atomic mass is 9.92. The van der Waals surface area contributed by atoms with Crippen LogP contribution < -0.4 is 0 Å². The maximum absolute atomic E-state index is 3.96. The second-order valence-corrected chi connectivity index (χ2v) is 2.98. The van der Waals surface area contributed by atoms with Crippen molar-refractivity contribution < 1.29 is 0 Å². The van der Waals surface area contributed by atoms with Crippen molar-refractivity contribution in [1.29, 1.82) is 0 Å². The fraction of sp³-hybridized carbons (Fsp3) is 0.400. The van der Waals surface area contributed by atoms with Gasteiger partial charge in [-0.15, -0.1) is 0 Å². The largest absolute Gasteiger partial charge is 0.0915 e. The van der Waals surface area contributed by atoms with Crippen molar-refractivity contribution in [2.24, 2.45) is 5.92 Å². The van der Waals surface area contributed by atoms with Gasteiger partial charge in [-0.2, -0.15) is 0 Å². The second-order valence-electron chi connectivity index (χ2n) is 2.98. The fourth-order valence-electron chi connectivity index (χ4n) is 1.24. The summed E-state index contributed by atoms with van der Waals surface area (Å²) >= 11 is 0. The smallest absolute Gasteiger partial charge is 0.0160 e. The van der Waals surface area contributed by atoms with Crippen molar-refractivity contribution in [3.63, 3.8) is 0 Å². The molecule has 0 aromatic carbocycles. The Balaban J connectivity index is 2.76. The SMILES string of the molecule is C=C1C=CCC=C1C(C)C. The van der Waals surface area contributed by atoms with Crippen LogP contribution in [0.5, 0.6) is 0 Å². The highest BCUT2D eigenvalue weighted by Gasteiger charge is 2.06. The molecule has 1 rings (SSSR count). The molecule has 0 saturated heterocycles. The van der Waals surface area contributed by atoms with E-state index in [1.165, 1.54) is 11.1 Å². The second kappa shape index (κ2) is 2.87. The molecule has 0 nitrogen and oxygen atoms in total. The zero-order chi connectivity index (χ0) is 7.56. The van der Waals surface area contributed by atoms with Crippen LogP contribution in [-0.4, -0.2) is 0 Å². The first-order valence-electron chi connectivity index (χ1n) is 3.77. The lowest BCUT2D eigenvalue weighted by Crippen LogP contribution is -1.97. The van der Waals surface area contributed by atoms with Crippen LogP contribution in [0.2, 0.25) is 0 Å². The Labute approximate surface area is 62.9 Å². The van der Waals surface area contributed by atoms with Crippen LogP contribution in [0.15, 0.2) is 36.0 Å². The van der Waals surface area contributed by atoms with Gasteiger partial charge in [0.15, 0.2) is 0 Å². The van der Waals surface area contributed by atoms with Crippen LogP contribution in [0.3, 0.4) is 0 Å². The summed E-state index contributed by atoms with van der Waals surface area (Å²) in [5.41, 5.74) is 2.59. The Morgan fingerprint density at radius 3 is 2.60 bits per heavy atom. The normalized spacial score (nSPS) is 17.9. The van der Waals surface area contributed by atoms with Gasteiger partial charge in [0.1, 0.15) is 0 Å². The van der Waals surface area contributed by atoms with E-state index in [1.807, 2.05) is 0 Å². The van der Waals surface area contributed by atoms with Gasteiger partial charge < -0.3 is 0 Å². The molecular weight excluding hydrogens is 120 g/mol. The van der Waals surface area contributed by atoms with Crippen LogP contribution in [0.4, 0.5) is 0 Å². The van der Waals surface area contributed by atoms with Crippen LogP contribution in [-0.2, 0) is 0 Å². The molecule has 0 heterocycles. The lowest BCUT2D eigenvalue weighted by molar-refractivity contribution is 0.776. The number of rotatable bonds is 1. The van der Waals surface area contributed by atoms with E-state index < -0.39 is 0 Å². The molecule has 0 aliphatic heterocycles. The molecule has 0 aromatic rings. The summed E-state index contributed by atoms with van der Waals surface area (Å²) in [7, 11) is 0. The van der Waals surface area contributed by atoms with Gasteiger partial charge in [0.25, 0.3) is 0 Å². The van der Waals surface area contributed by atoms with Crippen molar-refractivity contribution in [2.45, 2.75) is 20.3 Å². The van der Waals surface area contributed by atoms with E-state index in [4.69, 9.17) is 0 Å². The summed E-state index contributed by atoms with van der Waals surface area (Å²) in [6.07, 6.45) is 7.59. The summed E-state index contributed by atoms with van der Waals surface area (Å²) in [5.74, 6) is 0.623. The Morgan fingerprint density at radius 2 is 2.20 bits per heavy atom. The van der Waals surface area contributed by atoms with E-state index in [0.717, 1.165) is 6.42 Å². The predicted molar refractivity (Wildman–Crippen MR) is 45.8 cm³/mol. The monoisotopic (exact) mass is 134 g/mol. The molecule has 0 atom stereocenters. The third-order valence-electron chi connectivity index (χ3n) is 1.79. The maximum atomic E-state index is 3.96. The first-order chi connectivity index (χ1) is 4.72. The average molecular weight is 134 g/mol. The molecule has 0 heteroatoms. The van der Waals surface area contributed by atoms with Gasteiger partial charge in [-0.3, -0.25) is 0 Å². The first kappa shape index (κ1) is 7.33. The van der Waals surface area contributed by atoms with E-state index in [2.05, 4.69) is 38.7 Å². The number of hydrogen-bond acceptors (Lipinski definition) is 0. The third kappa shape index (κ3) is 1.38. The lowest BCUT2D eigenvalue weighted by Gasteiger charge is -2.13. The molecular formula is C10H14. The molecule has 0 amide bonds. The summed E-state index contributed by atoms with van der Waals surface area (Å²) < 4.78 is 0. The quantitative estimate of drug-likeness (QED) is 0.517. The van der Waals surface area contributed by atoms with Crippen molar-refractivity contribution in [1.82, 2.24) is 0 Å². The zero-order valence-electron chi connectivity index (χ0n) is 6.72. The Morgan fingerprint density at radius 1 is 1.50 bits per heavy atom. The summed E-state index contributed by atoms with van der Waals surface area (Å²) in [5, 5.41) is 0. The van der Waals surface area contributed by atoms with Crippen molar-refractivity contribution in [3.8, 4) is 0 Å². The van der Waals surface area contributed by atoms with Gasteiger partial charge >= 0.3 is 0 Å². The molecule has 0 aromatic heterocycles. The van der Waals surface area contributed by atoms with E-state index in [1.54, 1.807) is 0 Å². The van der Waals surface area contributed by atoms with Crippen molar-refractivity contribution in [2.75, 3.05) is 0 Å². The van der Waals surface area contributed by atoms with Crippen molar-refractivity contribution in [3.05, 3.63) is 36.0 Å². The van der Waals surface area contributed by atoms with Crippen LogP contribution in [0.25, 0.3) is 0 Å². The van der Waals surface area contributed by atoms with Gasteiger partial charge in [-0.05, 0) is 23.5 Å². The van der Waals surface area contributed by atoms with Crippen molar-refractivity contribution >= 4 is 0 Å². The molecule has 0 fully saturated rings. The third-order valence-corrected chi connectivity index (χ3v) is 1.79. The van der Waals surface area contributed by atoms with Gasteiger partial charge in [-0.1, -0.05) is 38.7 Å². The Bertz CT molecular complexity index is 192. The van der Waals surface area contributed by atoms with E-state index in [9.17, 15) is 0 Å². The minimum absolute atomic E-state index is 0.623. The van der Waals surface area contributed by atoms with Gasteiger partial charge in [0, 0.05) is 0 Å². The van der Waals surface area contributed by atoms with E-state index in [-0.39, 0.29) is 0 Å². The topological polar surface area (TPSA) is 0 Å². The number of hydrogen-bond donors (Lipinski definition) is 0. The summed E-state index contributed by atoms with van der Waals surface area (Å²) in [6, 6.07) is 0. The Hall–Kier alpha value is -0.780. The molecule has 0 unspecified atom stereocenters. The molecule has 0 saturated carbocycles. The molecule has 0 spiro atoms. The zero-order valence-corrected chi connectivity index (χ0v) is 6.72. The van der Waals surface area contributed by atoms with Crippen LogP contribution in [0.1, 0.15) is 20.3 Å². The van der Waals surface area contributed by atoms with Crippen LogP contribution >= 0.6 is 0 Å². The maximum Gasteiger partial charge on any atom is -0.0160 e. The van der Waals surface area contributed by atoms with Gasteiger partial charge in [-0.25, -0.2) is 0 Å². The van der Waals surface area contributed by atoms with Gasteiger partial charge in [0.2, 0.25) is 0 Å². The molecule has 0 bridgehead atoms. The first-order valence-corrected chi connectivity index (χ1v) is 3.77.